The van der Waals surface area contributed by atoms with Gasteiger partial charge in [0.25, 0.3) is 0 Å². The van der Waals surface area contributed by atoms with Gasteiger partial charge in [-0.3, -0.25) is 4.90 Å². The maximum Gasteiger partial charge on any atom is 0.338 e. The molecule has 0 unspecified atom stereocenters. The molecule has 0 saturated heterocycles. The molecule has 0 radical (unpaired) electrons. The van der Waals surface area contributed by atoms with Crippen LogP contribution in [0.1, 0.15) is 18.5 Å². The molecule has 32 heavy (non-hydrogen) atoms. The molecule has 0 fully saturated rings. The number of likely N-dealkylation sites (N-methyl/N-ethyl adjacent to an activating group) is 1. The summed E-state index contributed by atoms with van der Waals surface area (Å²) in [5.74, 6) is 0.385. The minimum absolute atomic E-state index is 0.112. The molecule has 2 aromatic rings. The summed E-state index contributed by atoms with van der Waals surface area (Å²) in [6.07, 6.45) is 0. The van der Waals surface area contributed by atoms with Crippen LogP contribution in [0.4, 0.5) is 9.18 Å². The number of nitrogens with one attached hydrogen (secondary N) is 1. The number of amides is 2. The van der Waals surface area contributed by atoms with Gasteiger partial charge >= 0.3 is 12.0 Å². The lowest BCUT2D eigenvalue weighted by Crippen LogP contribution is -2.48. The Morgan fingerprint density at radius 1 is 1.09 bits per heavy atom. The lowest BCUT2D eigenvalue weighted by Gasteiger charge is -2.35. The molecule has 0 aliphatic carbocycles. The number of hydrogen-bond acceptors (Lipinski definition) is 6. The number of esters is 1. The standard InChI is InChI=1S/C23H25FN2O6/c1-5-31-22(27)20-18(13-32-15-8-6-14(24)7-9-15)26(2)23(28)25-21(20)17-11-10-16(29-3)12-19(17)30-4/h6-12,21H,5,13H2,1-4H3,(H,25,28)/t21-/m0/s1. The van der Waals surface area contributed by atoms with Crippen molar-refractivity contribution >= 4 is 12.0 Å². The van der Waals surface area contributed by atoms with Crippen LogP contribution in [0.2, 0.25) is 0 Å². The van der Waals surface area contributed by atoms with Crippen molar-refractivity contribution in [3.63, 3.8) is 0 Å². The normalized spacial score (nSPS) is 15.8. The van der Waals surface area contributed by atoms with E-state index < -0.39 is 23.9 Å². The fraction of sp³-hybridized carbons (Fsp3) is 0.304. The van der Waals surface area contributed by atoms with Gasteiger partial charge in [0.15, 0.2) is 0 Å². The van der Waals surface area contributed by atoms with E-state index in [1.54, 1.807) is 25.1 Å². The van der Waals surface area contributed by atoms with Crippen LogP contribution >= 0.6 is 0 Å². The zero-order valence-corrected chi connectivity index (χ0v) is 18.3. The predicted octanol–water partition coefficient (Wildman–Crippen LogP) is 3.44. The molecular formula is C23H25FN2O6. The molecule has 1 aliphatic heterocycles. The maximum absolute atomic E-state index is 13.2. The summed E-state index contributed by atoms with van der Waals surface area (Å²) >= 11 is 0. The molecule has 0 spiro atoms. The monoisotopic (exact) mass is 444 g/mol. The highest BCUT2D eigenvalue weighted by Gasteiger charge is 2.38. The highest BCUT2D eigenvalue weighted by molar-refractivity contribution is 5.95. The second-order valence-electron chi connectivity index (χ2n) is 6.87. The third-order valence-electron chi connectivity index (χ3n) is 5.01. The molecule has 170 valence electrons. The van der Waals surface area contributed by atoms with Crippen LogP contribution in [0.3, 0.4) is 0 Å². The van der Waals surface area contributed by atoms with Gasteiger partial charge in [-0.05, 0) is 43.3 Å². The van der Waals surface area contributed by atoms with Gasteiger partial charge in [-0.1, -0.05) is 0 Å². The summed E-state index contributed by atoms with van der Waals surface area (Å²) in [6, 6.07) is 9.27. The van der Waals surface area contributed by atoms with Gasteiger partial charge in [0.05, 0.1) is 38.1 Å². The first-order valence-electron chi connectivity index (χ1n) is 9.94. The number of rotatable bonds is 8. The fourth-order valence-corrected chi connectivity index (χ4v) is 3.35. The van der Waals surface area contributed by atoms with E-state index in [-0.39, 0.29) is 18.8 Å². The van der Waals surface area contributed by atoms with Crippen LogP contribution in [0.15, 0.2) is 53.7 Å². The van der Waals surface area contributed by atoms with E-state index in [0.717, 1.165) is 0 Å². The predicted molar refractivity (Wildman–Crippen MR) is 114 cm³/mol. The average molecular weight is 444 g/mol. The van der Waals surface area contributed by atoms with Gasteiger partial charge in [-0.25, -0.2) is 14.0 Å². The molecule has 2 aromatic carbocycles. The second-order valence-corrected chi connectivity index (χ2v) is 6.87. The molecule has 0 saturated carbocycles. The van der Waals surface area contributed by atoms with Gasteiger partial charge < -0.3 is 24.3 Å². The van der Waals surface area contributed by atoms with Crippen molar-refractivity contribution in [2.45, 2.75) is 13.0 Å². The Kier molecular flexibility index (Phi) is 7.19. The number of carbonyl (C=O) groups excluding carboxylic acids is 2. The van der Waals surface area contributed by atoms with Crippen molar-refractivity contribution in [1.29, 1.82) is 0 Å². The number of urea groups is 1. The van der Waals surface area contributed by atoms with E-state index in [0.29, 0.717) is 28.5 Å². The molecule has 8 nitrogen and oxygen atoms in total. The van der Waals surface area contributed by atoms with E-state index in [9.17, 15) is 14.0 Å². The summed E-state index contributed by atoms with van der Waals surface area (Å²) < 4.78 is 35.0. The Balaban J connectivity index is 2.08. The van der Waals surface area contributed by atoms with Crippen molar-refractivity contribution in [3.05, 3.63) is 65.1 Å². The molecule has 2 amide bonds. The molecule has 3 rings (SSSR count). The Labute approximate surface area is 185 Å². The van der Waals surface area contributed by atoms with Crippen LogP contribution in [-0.2, 0) is 9.53 Å². The summed E-state index contributed by atoms with van der Waals surface area (Å²) in [4.78, 5) is 27.0. The lowest BCUT2D eigenvalue weighted by atomic mass is 9.94. The smallest absolute Gasteiger partial charge is 0.338 e. The molecular weight excluding hydrogens is 419 g/mol. The maximum atomic E-state index is 13.2. The van der Waals surface area contributed by atoms with Crippen molar-refractivity contribution in [1.82, 2.24) is 10.2 Å². The van der Waals surface area contributed by atoms with Gasteiger partial charge in [0, 0.05) is 18.7 Å². The van der Waals surface area contributed by atoms with Crippen molar-refractivity contribution < 1.29 is 32.9 Å². The van der Waals surface area contributed by atoms with Crippen LogP contribution in [0, 0.1) is 5.82 Å². The van der Waals surface area contributed by atoms with E-state index in [1.807, 2.05) is 0 Å². The molecule has 1 N–H and O–H groups in total. The fourth-order valence-electron chi connectivity index (χ4n) is 3.35. The first-order valence-corrected chi connectivity index (χ1v) is 9.94. The van der Waals surface area contributed by atoms with Crippen molar-refractivity contribution in [2.75, 3.05) is 34.5 Å². The quantitative estimate of drug-likeness (QED) is 0.628. The zero-order valence-electron chi connectivity index (χ0n) is 18.3. The second kappa shape index (κ2) is 10.0. The molecule has 1 atom stereocenters. The lowest BCUT2D eigenvalue weighted by molar-refractivity contribution is -0.139. The summed E-state index contributed by atoms with van der Waals surface area (Å²) in [6.45, 7) is 1.73. The van der Waals surface area contributed by atoms with Crippen LogP contribution in [0.5, 0.6) is 17.2 Å². The third kappa shape index (κ3) is 4.77. The largest absolute Gasteiger partial charge is 0.497 e. The summed E-state index contributed by atoms with van der Waals surface area (Å²) in [5, 5.41) is 2.82. The molecule has 0 bridgehead atoms. The van der Waals surface area contributed by atoms with E-state index in [1.165, 1.54) is 50.4 Å². The number of nitrogens with zero attached hydrogens (tertiary/aromatic N) is 1. The Morgan fingerprint density at radius 3 is 2.41 bits per heavy atom. The van der Waals surface area contributed by atoms with Gasteiger partial charge in [0.2, 0.25) is 0 Å². The summed E-state index contributed by atoms with van der Waals surface area (Å²) in [5.41, 5.74) is 1.08. The number of benzene rings is 2. The highest BCUT2D eigenvalue weighted by atomic mass is 19.1. The van der Waals surface area contributed by atoms with Gasteiger partial charge in [0.1, 0.15) is 29.7 Å². The topological polar surface area (TPSA) is 86.3 Å². The third-order valence-corrected chi connectivity index (χ3v) is 5.01. The molecule has 1 heterocycles. The molecule has 9 heteroatoms. The Bertz CT molecular complexity index is 1020. The van der Waals surface area contributed by atoms with E-state index in [2.05, 4.69) is 5.32 Å². The zero-order chi connectivity index (χ0) is 23.3. The minimum Gasteiger partial charge on any atom is -0.497 e. The minimum atomic E-state index is -0.842. The Hall–Kier alpha value is -3.75. The molecule has 1 aliphatic rings. The number of ether oxygens (including phenoxy) is 4. The number of carbonyl (C=O) groups is 2. The van der Waals surface area contributed by atoms with Crippen molar-refractivity contribution in [3.8, 4) is 17.2 Å². The van der Waals surface area contributed by atoms with Crippen LogP contribution in [0.25, 0.3) is 0 Å². The van der Waals surface area contributed by atoms with Crippen LogP contribution in [-0.4, -0.2) is 51.4 Å². The van der Waals surface area contributed by atoms with E-state index >= 15 is 0 Å². The first-order chi connectivity index (χ1) is 15.4. The van der Waals surface area contributed by atoms with Gasteiger partial charge in [-0.15, -0.1) is 0 Å². The molecule has 0 aromatic heterocycles. The first kappa shape index (κ1) is 22.9. The summed E-state index contributed by atoms with van der Waals surface area (Å²) in [7, 11) is 4.54. The highest BCUT2D eigenvalue weighted by Crippen LogP contribution is 2.37. The van der Waals surface area contributed by atoms with Crippen LogP contribution < -0.4 is 19.5 Å². The Morgan fingerprint density at radius 2 is 1.78 bits per heavy atom. The van der Waals surface area contributed by atoms with Gasteiger partial charge in [-0.2, -0.15) is 0 Å². The number of methoxy groups -OCH3 is 2. The number of halogens is 1. The van der Waals surface area contributed by atoms with E-state index in [4.69, 9.17) is 18.9 Å². The number of hydrogen-bond donors (Lipinski definition) is 1. The average Bonchev–Trinajstić information content (AvgIpc) is 2.80. The SMILES string of the molecule is CCOC(=O)C1=C(COc2ccc(F)cc2)N(C)C(=O)N[C@H]1c1ccc(OC)cc1OC. The van der Waals surface area contributed by atoms with Crippen molar-refractivity contribution in [2.24, 2.45) is 0 Å².